The van der Waals surface area contributed by atoms with E-state index in [4.69, 9.17) is 4.52 Å². The SMILES string of the molecule is O=C1c2ccsc2CC1CCN1CCC(c2noc3cc(F)ccc23)CC1. The average molecular weight is 384 g/mol. The monoisotopic (exact) mass is 384 g/mol. The van der Waals surface area contributed by atoms with Gasteiger partial charge in [0.05, 0.1) is 5.69 Å². The van der Waals surface area contributed by atoms with Gasteiger partial charge in [-0.2, -0.15) is 0 Å². The first kappa shape index (κ1) is 17.1. The summed E-state index contributed by atoms with van der Waals surface area (Å²) >= 11 is 1.71. The van der Waals surface area contributed by atoms with Crippen molar-refractivity contribution in [3.05, 3.63) is 51.6 Å². The number of piperidine rings is 1. The van der Waals surface area contributed by atoms with Crippen molar-refractivity contribution in [1.82, 2.24) is 10.1 Å². The zero-order valence-electron chi connectivity index (χ0n) is 15.0. The second-order valence-electron chi connectivity index (χ2n) is 7.64. The summed E-state index contributed by atoms with van der Waals surface area (Å²) in [6.45, 7) is 2.98. The molecule has 1 unspecified atom stereocenters. The van der Waals surface area contributed by atoms with Crippen molar-refractivity contribution >= 4 is 28.1 Å². The van der Waals surface area contributed by atoms with Crippen LogP contribution in [-0.4, -0.2) is 35.5 Å². The molecule has 1 fully saturated rings. The molecule has 0 amide bonds. The van der Waals surface area contributed by atoms with E-state index in [0.717, 1.165) is 62.0 Å². The molecule has 0 bridgehead atoms. The van der Waals surface area contributed by atoms with E-state index < -0.39 is 0 Å². The van der Waals surface area contributed by atoms with Crippen molar-refractivity contribution in [1.29, 1.82) is 0 Å². The van der Waals surface area contributed by atoms with Gasteiger partial charge in [0.1, 0.15) is 5.82 Å². The smallest absolute Gasteiger partial charge is 0.170 e. The Morgan fingerprint density at radius 2 is 2.11 bits per heavy atom. The molecule has 1 aliphatic heterocycles. The molecule has 2 aromatic heterocycles. The maximum Gasteiger partial charge on any atom is 0.170 e. The van der Waals surface area contributed by atoms with Gasteiger partial charge in [-0.3, -0.25) is 4.79 Å². The molecule has 4 nitrogen and oxygen atoms in total. The third-order valence-electron chi connectivity index (χ3n) is 6.04. The summed E-state index contributed by atoms with van der Waals surface area (Å²) in [5.74, 6) is 0.561. The van der Waals surface area contributed by atoms with E-state index in [0.29, 0.717) is 17.3 Å². The van der Waals surface area contributed by atoms with E-state index in [1.54, 1.807) is 17.4 Å². The third kappa shape index (κ3) is 3.11. The van der Waals surface area contributed by atoms with E-state index in [9.17, 15) is 9.18 Å². The highest BCUT2D eigenvalue weighted by Gasteiger charge is 2.32. The van der Waals surface area contributed by atoms with Crippen LogP contribution in [0.5, 0.6) is 0 Å². The van der Waals surface area contributed by atoms with Crippen molar-refractivity contribution in [3.63, 3.8) is 0 Å². The summed E-state index contributed by atoms with van der Waals surface area (Å²) in [6, 6.07) is 6.61. The first-order valence-electron chi connectivity index (χ1n) is 9.57. The van der Waals surface area contributed by atoms with E-state index in [2.05, 4.69) is 10.1 Å². The molecule has 3 aromatic rings. The highest BCUT2D eigenvalue weighted by atomic mass is 32.1. The Labute approximate surface area is 161 Å². The molecule has 27 heavy (non-hydrogen) atoms. The molecule has 1 atom stereocenters. The maximum absolute atomic E-state index is 13.3. The maximum atomic E-state index is 13.3. The van der Waals surface area contributed by atoms with Gasteiger partial charge in [0.2, 0.25) is 0 Å². The van der Waals surface area contributed by atoms with E-state index in [-0.39, 0.29) is 11.7 Å². The van der Waals surface area contributed by atoms with Crippen LogP contribution in [0.25, 0.3) is 11.0 Å². The van der Waals surface area contributed by atoms with Crippen LogP contribution in [0.4, 0.5) is 4.39 Å². The number of halogens is 1. The minimum atomic E-state index is -0.296. The van der Waals surface area contributed by atoms with E-state index >= 15 is 0 Å². The molecule has 1 aromatic carbocycles. The van der Waals surface area contributed by atoms with Crippen LogP contribution in [0, 0.1) is 11.7 Å². The lowest BCUT2D eigenvalue weighted by molar-refractivity contribution is 0.0916. The number of rotatable bonds is 4. The zero-order valence-corrected chi connectivity index (χ0v) is 15.8. The van der Waals surface area contributed by atoms with Crippen molar-refractivity contribution < 1.29 is 13.7 Å². The van der Waals surface area contributed by atoms with Gasteiger partial charge in [0, 0.05) is 33.7 Å². The van der Waals surface area contributed by atoms with Crippen LogP contribution in [-0.2, 0) is 6.42 Å². The molecule has 1 saturated heterocycles. The molecule has 0 radical (unpaired) electrons. The summed E-state index contributed by atoms with van der Waals surface area (Å²) in [5.41, 5.74) is 2.44. The number of Topliss-reactive ketones (excluding diaryl/α,β-unsaturated/α-hetero) is 1. The van der Waals surface area contributed by atoms with Gasteiger partial charge in [-0.05, 0) is 68.9 Å². The van der Waals surface area contributed by atoms with Gasteiger partial charge < -0.3 is 9.42 Å². The summed E-state index contributed by atoms with van der Waals surface area (Å²) in [5, 5.41) is 7.17. The Kier molecular flexibility index (Phi) is 4.32. The van der Waals surface area contributed by atoms with Gasteiger partial charge in [-0.25, -0.2) is 4.39 Å². The number of hydrogen-bond donors (Lipinski definition) is 0. The minimum Gasteiger partial charge on any atom is -0.356 e. The number of nitrogens with zero attached hydrogens (tertiary/aromatic N) is 2. The molecular formula is C21H21FN2O2S. The largest absolute Gasteiger partial charge is 0.356 e. The number of aromatic nitrogens is 1. The Hall–Kier alpha value is -2.05. The minimum absolute atomic E-state index is 0.166. The number of likely N-dealkylation sites (tertiary alicyclic amines) is 1. The first-order valence-corrected chi connectivity index (χ1v) is 10.4. The van der Waals surface area contributed by atoms with Crippen LogP contribution in [0.2, 0.25) is 0 Å². The van der Waals surface area contributed by atoms with Crippen molar-refractivity contribution in [2.45, 2.75) is 31.6 Å². The molecule has 6 heteroatoms. The Morgan fingerprint density at radius 1 is 1.26 bits per heavy atom. The summed E-state index contributed by atoms with van der Waals surface area (Å²) in [7, 11) is 0. The van der Waals surface area contributed by atoms with Gasteiger partial charge in [-0.1, -0.05) is 5.16 Å². The van der Waals surface area contributed by atoms with Crippen molar-refractivity contribution in [3.8, 4) is 0 Å². The van der Waals surface area contributed by atoms with E-state index in [1.165, 1.54) is 17.0 Å². The van der Waals surface area contributed by atoms with Crippen LogP contribution in [0.3, 0.4) is 0 Å². The van der Waals surface area contributed by atoms with Crippen LogP contribution in [0.1, 0.15) is 46.1 Å². The van der Waals surface area contributed by atoms with Gasteiger partial charge in [0.25, 0.3) is 0 Å². The van der Waals surface area contributed by atoms with Gasteiger partial charge in [-0.15, -0.1) is 11.3 Å². The normalized spacial score (nSPS) is 21.2. The lowest BCUT2D eigenvalue weighted by atomic mass is 9.91. The summed E-state index contributed by atoms with van der Waals surface area (Å²) in [6.07, 6.45) is 3.90. The molecule has 5 rings (SSSR count). The third-order valence-corrected chi connectivity index (χ3v) is 6.99. The molecule has 0 spiro atoms. The van der Waals surface area contributed by atoms with Gasteiger partial charge >= 0.3 is 0 Å². The second-order valence-corrected chi connectivity index (χ2v) is 8.64. The fraction of sp³-hybridized carbons (Fsp3) is 0.429. The lowest BCUT2D eigenvalue weighted by Gasteiger charge is -2.31. The fourth-order valence-electron chi connectivity index (χ4n) is 4.48. The number of thiophene rings is 1. The topological polar surface area (TPSA) is 46.3 Å². The standard InChI is InChI=1S/C21H21FN2O2S/c22-15-1-2-16-18(12-15)26-23-20(16)13-3-7-24(8-4-13)9-5-14-11-19-17(21(14)25)6-10-27-19/h1-2,6,10,12-14H,3-5,7-9,11H2. The number of benzene rings is 1. The zero-order chi connectivity index (χ0) is 18.4. The number of carbonyl (C=O) groups excluding carboxylic acids is 1. The molecular weight excluding hydrogens is 363 g/mol. The van der Waals surface area contributed by atoms with E-state index in [1.807, 2.05) is 11.4 Å². The average Bonchev–Trinajstić information content (AvgIpc) is 3.37. The van der Waals surface area contributed by atoms with Crippen molar-refractivity contribution in [2.75, 3.05) is 19.6 Å². The number of fused-ring (bicyclic) bond motifs is 2. The predicted octanol–water partition coefficient (Wildman–Crippen LogP) is 4.65. The van der Waals surface area contributed by atoms with Crippen LogP contribution >= 0.6 is 11.3 Å². The quantitative estimate of drug-likeness (QED) is 0.657. The summed E-state index contributed by atoms with van der Waals surface area (Å²) in [4.78, 5) is 16.1. The second kappa shape index (κ2) is 6.84. The van der Waals surface area contributed by atoms with Crippen LogP contribution in [0.15, 0.2) is 34.2 Å². The highest BCUT2D eigenvalue weighted by molar-refractivity contribution is 7.10. The molecule has 0 saturated carbocycles. The van der Waals surface area contributed by atoms with Gasteiger partial charge in [0.15, 0.2) is 11.4 Å². The number of carbonyl (C=O) groups is 1. The molecule has 1 aliphatic carbocycles. The molecule has 3 heterocycles. The molecule has 140 valence electrons. The summed E-state index contributed by atoms with van der Waals surface area (Å²) < 4.78 is 18.6. The number of hydrogen-bond acceptors (Lipinski definition) is 5. The highest BCUT2D eigenvalue weighted by Crippen LogP contribution is 2.35. The number of ketones is 1. The molecule has 2 aliphatic rings. The Bertz CT molecular complexity index is 987. The Morgan fingerprint density at radius 3 is 2.93 bits per heavy atom. The lowest BCUT2D eigenvalue weighted by Crippen LogP contribution is -2.35. The molecule has 0 N–H and O–H groups in total. The van der Waals surface area contributed by atoms with Crippen molar-refractivity contribution in [2.24, 2.45) is 5.92 Å². The first-order chi connectivity index (χ1) is 13.2. The Balaban J connectivity index is 1.17. The van der Waals surface area contributed by atoms with Crippen LogP contribution < -0.4 is 0 Å². The predicted molar refractivity (Wildman–Crippen MR) is 103 cm³/mol. The fourth-order valence-corrected chi connectivity index (χ4v) is 5.44.